The van der Waals surface area contributed by atoms with Gasteiger partial charge in [0.15, 0.2) is 5.58 Å². The van der Waals surface area contributed by atoms with Gasteiger partial charge in [-0.1, -0.05) is 20.8 Å². The number of aryl methyl sites for hydroxylation is 2. The average molecular weight is 352 g/mol. The summed E-state index contributed by atoms with van der Waals surface area (Å²) in [4.78, 5) is 17.5. The zero-order valence-electron chi connectivity index (χ0n) is 16.1. The number of nitrogens with zero attached hydrogens (tertiary/aromatic N) is 1. The number of amides is 1. The molecule has 0 spiro atoms. The number of rotatable bonds is 1. The molecule has 0 radical (unpaired) electrons. The second-order valence-electron chi connectivity index (χ2n) is 9.96. The largest absolute Gasteiger partial charge is 0.440 e. The SMILES string of the molecule is C[C@@]12CNC(=O)[C@](C)(C1)C[C@@](C)(c1nc3cc4c(cc3o1)CCCC4)C2. The summed E-state index contributed by atoms with van der Waals surface area (Å²) in [5.41, 5.74) is 4.34. The average Bonchev–Trinajstić information content (AvgIpc) is 2.99. The predicted molar refractivity (Wildman–Crippen MR) is 101 cm³/mol. The Bertz CT molecular complexity index is 873. The fraction of sp³-hybridized carbons (Fsp3) is 0.636. The molecule has 4 nitrogen and oxygen atoms in total. The van der Waals surface area contributed by atoms with Crippen LogP contribution in [0, 0.1) is 10.8 Å². The molecule has 4 heteroatoms. The summed E-state index contributed by atoms with van der Waals surface area (Å²) in [7, 11) is 0. The summed E-state index contributed by atoms with van der Waals surface area (Å²) in [6.07, 6.45) is 7.60. The normalized spacial score (nSPS) is 36.7. The quantitative estimate of drug-likeness (QED) is 0.833. The summed E-state index contributed by atoms with van der Waals surface area (Å²) in [5.74, 6) is 1.01. The maximum Gasteiger partial charge on any atom is 0.226 e. The van der Waals surface area contributed by atoms with Gasteiger partial charge in [0.05, 0.1) is 0 Å². The molecule has 2 aromatic rings. The highest BCUT2D eigenvalue weighted by Crippen LogP contribution is 2.56. The van der Waals surface area contributed by atoms with Gasteiger partial charge >= 0.3 is 0 Å². The number of benzene rings is 1. The van der Waals surface area contributed by atoms with Crippen molar-refractivity contribution in [3.63, 3.8) is 0 Å². The maximum absolute atomic E-state index is 12.6. The van der Waals surface area contributed by atoms with Gasteiger partial charge in [0.2, 0.25) is 11.8 Å². The summed E-state index contributed by atoms with van der Waals surface area (Å²) >= 11 is 0. The van der Waals surface area contributed by atoms with Crippen LogP contribution in [0.25, 0.3) is 11.1 Å². The molecule has 2 aliphatic carbocycles. The Morgan fingerprint density at radius 3 is 2.46 bits per heavy atom. The number of aromatic nitrogens is 1. The van der Waals surface area contributed by atoms with Crippen molar-refractivity contribution in [3.05, 3.63) is 29.2 Å². The predicted octanol–water partition coefficient (Wildman–Crippen LogP) is 4.29. The summed E-state index contributed by atoms with van der Waals surface area (Å²) < 4.78 is 6.32. The van der Waals surface area contributed by atoms with Gasteiger partial charge in [0.1, 0.15) is 5.52 Å². The summed E-state index contributed by atoms with van der Waals surface area (Å²) in [6.45, 7) is 7.40. The standard InChI is InChI=1S/C22H28N2O2/c1-20-10-21(2,18(25)23-13-20)12-22(3,11-20)19-24-16-8-14-6-4-5-7-15(14)9-17(16)26-19/h8-9H,4-7,10-13H2,1-3H3,(H,23,25)/t20-,21-,22+/m1/s1. The molecule has 2 heterocycles. The van der Waals surface area contributed by atoms with Crippen LogP contribution in [0.1, 0.15) is 69.9 Å². The van der Waals surface area contributed by atoms with Gasteiger partial charge in [-0.2, -0.15) is 0 Å². The van der Waals surface area contributed by atoms with E-state index in [1.165, 1.54) is 24.0 Å². The Hall–Kier alpha value is -1.84. The second-order valence-corrected chi connectivity index (χ2v) is 9.96. The maximum atomic E-state index is 12.6. The van der Waals surface area contributed by atoms with E-state index in [0.29, 0.717) is 0 Å². The molecule has 1 aromatic carbocycles. The lowest BCUT2D eigenvalue weighted by Crippen LogP contribution is -2.59. The lowest BCUT2D eigenvalue weighted by Gasteiger charge is -2.54. The highest BCUT2D eigenvalue weighted by Gasteiger charge is 2.57. The van der Waals surface area contributed by atoms with Crippen molar-refractivity contribution < 1.29 is 9.21 Å². The van der Waals surface area contributed by atoms with Gasteiger partial charge in [-0.05, 0) is 73.6 Å². The van der Waals surface area contributed by atoms with Gasteiger partial charge in [0, 0.05) is 17.4 Å². The Morgan fingerprint density at radius 1 is 1.00 bits per heavy atom. The smallest absolute Gasteiger partial charge is 0.226 e. The van der Waals surface area contributed by atoms with Gasteiger partial charge in [-0.25, -0.2) is 4.98 Å². The van der Waals surface area contributed by atoms with Crippen LogP contribution in [-0.4, -0.2) is 17.4 Å². The number of nitrogens with one attached hydrogen (secondary N) is 1. The van der Waals surface area contributed by atoms with Crippen LogP contribution in [0.15, 0.2) is 16.5 Å². The third kappa shape index (κ3) is 2.34. The summed E-state index contributed by atoms with van der Waals surface area (Å²) in [6, 6.07) is 4.45. The number of hydrogen-bond acceptors (Lipinski definition) is 3. The van der Waals surface area contributed by atoms with Crippen molar-refractivity contribution in [1.82, 2.24) is 10.3 Å². The first-order valence-corrected chi connectivity index (χ1v) is 10.00. The molecule has 0 unspecified atom stereocenters. The highest BCUT2D eigenvalue weighted by molar-refractivity contribution is 5.84. The van der Waals surface area contributed by atoms with E-state index in [9.17, 15) is 4.79 Å². The molecule has 3 atom stereocenters. The van der Waals surface area contributed by atoms with Crippen LogP contribution >= 0.6 is 0 Å². The Morgan fingerprint density at radius 2 is 1.69 bits per heavy atom. The number of carbonyl (C=O) groups excluding carboxylic acids is 1. The molecule has 1 aromatic heterocycles. The van der Waals surface area contributed by atoms with Crippen molar-refractivity contribution in [2.45, 2.75) is 71.1 Å². The Balaban J connectivity index is 1.59. The minimum Gasteiger partial charge on any atom is -0.440 e. The number of piperidine rings is 1. The number of fused-ring (bicyclic) bond motifs is 4. The van der Waals surface area contributed by atoms with E-state index in [4.69, 9.17) is 9.40 Å². The first kappa shape index (κ1) is 16.3. The van der Waals surface area contributed by atoms with E-state index in [-0.39, 0.29) is 22.2 Å². The van der Waals surface area contributed by atoms with Gasteiger partial charge in [-0.3, -0.25) is 4.79 Å². The van der Waals surface area contributed by atoms with Gasteiger partial charge in [0.25, 0.3) is 0 Å². The topological polar surface area (TPSA) is 55.1 Å². The van der Waals surface area contributed by atoms with E-state index >= 15 is 0 Å². The first-order chi connectivity index (χ1) is 12.3. The van der Waals surface area contributed by atoms with E-state index < -0.39 is 0 Å². The zero-order valence-corrected chi connectivity index (χ0v) is 16.1. The minimum absolute atomic E-state index is 0.107. The second kappa shape index (κ2) is 5.11. The van der Waals surface area contributed by atoms with Crippen LogP contribution in [0.2, 0.25) is 0 Å². The molecule has 2 bridgehead atoms. The molecule has 1 aliphatic heterocycles. The molecule has 1 saturated carbocycles. The number of hydrogen-bond donors (Lipinski definition) is 1. The van der Waals surface area contributed by atoms with Crippen molar-refractivity contribution in [3.8, 4) is 0 Å². The van der Waals surface area contributed by atoms with Crippen molar-refractivity contribution in [1.29, 1.82) is 0 Å². The first-order valence-electron chi connectivity index (χ1n) is 10.00. The number of carbonyl (C=O) groups is 1. The van der Waals surface area contributed by atoms with Crippen LogP contribution in [0.5, 0.6) is 0 Å². The fourth-order valence-electron chi connectivity index (χ4n) is 6.29. The van der Waals surface area contributed by atoms with E-state index in [1.807, 2.05) is 0 Å². The van der Waals surface area contributed by atoms with Crippen LogP contribution in [0.3, 0.4) is 0 Å². The molecule has 1 saturated heterocycles. The third-order valence-electron chi connectivity index (χ3n) is 7.01. The molecular formula is C22H28N2O2. The molecule has 3 aliphatic rings. The van der Waals surface area contributed by atoms with Crippen LogP contribution < -0.4 is 5.32 Å². The number of oxazole rings is 1. The molecular weight excluding hydrogens is 324 g/mol. The zero-order chi connectivity index (χ0) is 18.2. The van der Waals surface area contributed by atoms with Crippen molar-refractivity contribution in [2.24, 2.45) is 10.8 Å². The Labute approximate surface area is 154 Å². The lowest BCUT2D eigenvalue weighted by atomic mass is 9.52. The van der Waals surface area contributed by atoms with Gasteiger partial charge in [-0.15, -0.1) is 0 Å². The van der Waals surface area contributed by atoms with Crippen LogP contribution in [-0.2, 0) is 23.1 Å². The molecule has 2 fully saturated rings. The van der Waals surface area contributed by atoms with E-state index in [0.717, 1.165) is 55.6 Å². The highest BCUT2D eigenvalue weighted by atomic mass is 16.3. The molecule has 26 heavy (non-hydrogen) atoms. The lowest BCUT2D eigenvalue weighted by molar-refractivity contribution is -0.143. The molecule has 1 amide bonds. The van der Waals surface area contributed by atoms with E-state index in [1.54, 1.807) is 0 Å². The Kier molecular flexibility index (Phi) is 3.21. The minimum atomic E-state index is -0.333. The monoisotopic (exact) mass is 352 g/mol. The van der Waals surface area contributed by atoms with Gasteiger partial charge < -0.3 is 9.73 Å². The van der Waals surface area contributed by atoms with Crippen molar-refractivity contribution in [2.75, 3.05) is 6.54 Å². The van der Waals surface area contributed by atoms with Crippen molar-refractivity contribution >= 4 is 17.0 Å². The molecule has 1 N–H and O–H groups in total. The van der Waals surface area contributed by atoms with Crippen LogP contribution in [0.4, 0.5) is 0 Å². The molecule has 138 valence electrons. The summed E-state index contributed by atoms with van der Waals surface area (Å²) in [5, 5.41) is 3.13. The third-order valence-corrected chi connectivity index (χ3v) is 7.01. The fourth-order valence-corrected chi connectivity index (χ4v) is 6.29. The van der Waals surface area contributed by atoms with E-state index in [2.05, 4.69) is 38.2 Å². The molecule has 5 rings (SSSR count).